The Morgan fingerprint density at radius 2 is 1.32 bits per heavy atom. The second-order valence-electron chi connectivity index (χ2n) is 9.19. The lowest BCUT2D eigenvalue weighted by molar-refractivity contribution is -0.198. The molecular formula is C26H38N2O10. The Balaban J connectivity index is 1.01. The number of imide groups is 1. The number of nitrogens with one attached hydrogen (secondary N) is 1. The molecule has 0 spiro atoms. The average molecular weight is 539 g/mol. The Bertz CT molecular complexity index is 821. The number of carbonyl (C=O) groups is 4. The van der Waals surface area contributed by atoms with Crippen molar-refractivity contribution in [3.05, 3.63) is 0 Å². The summed E-state index contributed by atoms with van der Waals surface area (Å²) in [5, 5.41) is 3.22. The van der Waals surface area contributed by atoms with Crippen LogP contribution in [-0.4, -0.2) is 94.9 Å². The van der Waals surface area contributed by atoms with Crippen LogP contribution in [0.2, 0.25) is 0 Å². The highest BCUT2D eigenvalue weighted by Crippen LogP contribution is 2.52. The molecule has 1 heterocycles. The van der Waals surface area contributed by atoms with Crippen molar-refractivity contribution >= 4 is 23.9 Å². The fourth-order valence-electron chi connectivity index (χ4n) is 4.45. The summed E-state index contributed by atoms with van der Waals surface area (Å²) in [6.07, 6.45) is 3.76. The van der Waals surface area contributed by atoms with Crippen molar-refractivity contribution in [2.24, 2.45) is 17.8 Å². The Kier molecular flexibility index (Phi) is 13.3. The van der Waals surface area contributed by atoms with Crippen molar-refractivity contribution in [1.29, 1.82) is 0 Å². The van der Waals surface area contributed by atoms with Crippen molar-refractivity contribution in [2.45, 2.75) is 44.9 Å². The molecule has 1 saturated heterocycles. The van der Waals surface area contributed by atoms with Gasteiger partial charge in [0.1, 0.15) is 0 Å². The number of nitrogens with zero attached hydrogens (tertiary/aromatic N) is 1. The highest BCUT2D eigenvalue weighted by molar-refractivity contribution is 6.01. The van der Waals surface area contributed by atoms with E-state index in [1.807, 2.05) is 0 Å². The first kappa shape index (κ1) is 29.8. The maximum atomic E-state index is 11.8. The minimum atomic E-state index is -0.700. The predicted octanol–water partition coefficient (Wildman–Crippen LogP) is 1.22. The minimum Gasteiger partial charge on any atom is -0.449 e. The molecule has 3 aliphatic rings. The van der Waals surface area contributed by atoms with Gasteiger partial charge >= 0.3 is 12.1 Å². The van der Waals surface area contributed by atoms with Gasteiger partial charge in [0.2, 0.25) is 0 Å². The maximum absolute atomic E-state index is 11.8. The van der Waals surface area contributed by atoms with Crippen LogP contribution < -0.4 is 5.32 Å². The zero-order valence-electron chi connectivity index (χ0n) is 21.8. The van der Waals surface area contributed by atoms with Gasteiger partial charge in [0, 0.05) is 32.2 Å². The van der Waals surface area contributed by atoms with E-state index in [9.17, 15) is 19.2 Å². The highest BCUT2D eigenvalue weighted by Gasteiger charge is 2.49. The fourth-order valence-corrected chi connectivity index (χ4v) is 4.45. The third-order valence-corrected chi connectivity index (χ3v) is 6.53. The van der Waals surface area contributed by atoms with Crippen molar-refractivity contribution in [3.8, 4) is 11.8 Å². The standard InChI is InChI=1S/C26H38N2O10/c29-23-7-8-24(30)28(23)38-25(31)9-11-33-13-15-35-17-18-36-16-14-34-12-10-27-26(32)37-19-22-20-5-3-1-2-4-6-21(20)22/h20-22H,3-19H2,(H,27,32)/t20-,21+,22?. The molecule has 0 aromatic heterocycles. The van der Waals surface area contributed by atoms with Crippen molar-refractivity contribution in [3.63, 3.8) is 0 Å². The summed E-state index contributed by atoms with van der Waals surface area (Å²) in [7, 11) is 0. The number of hydrogen-bond acceptors (Lipinski definition) is 10. The maximum Gasteiger partial charge on any atom is 0.407 e. The van der Waals surface area contributed by atoms with E-state index < -0.39 is 23.9 Å². The summed E-state index contributed by atoms with van der Waals surface area (Å²) in [5.41, 5.74) is 0. The summed E-state index contributed by atoms with van der Waals surface area (Å²) >= 11 is 0. The van der Waals surface area contributed by atoms with Crippen LogP contribution in [0.25, 0.3) is 0 Å². The normalized spacial score (nSPS) is 22.1. The second kappa shape index (κ2) is 17.0. The molecule has 0 aromatic rings. The first-order valence-electron chi connectivity index (χ1n) is 13.3. The lowest BCUT2D eigenvalue weighted by atomic mass is 10.1. The molecule has 0 aromatic carbocycles. The van der Waals surface area contributed by atoms with Gasteiger partial charge in [-0.2, -0.15) is 0 Å². The SMILES string of the molecule is O=C(CCOCCOCCOCCOCCNC(=O)OCC1[C@H]2CCC#CCC[C@@H]12)ON1C(=O)CCC1=O. The van der Waals surface area contributed by atoms with Crippen LogP contribution in [0.5, 0.6) is 0 Å². The number of ether oxygens (including phenoxy) is 5. The third-order valence-electron chi connectivity index (χ3n) is 6.53. The van der Waals surface area contributed by atoms with Crippen LogP contribution in [0.15, 0.2) is 0 Å². The topological polar surface area (TPSA) is 139 Å². The van der Waals surface area contributed by atoms with Crippen LogP contribution in [0.4, 0.5) is 4.79 Å². The first-order chi connectivity index (χ1) is 18.6. The average Bonchev–Trinajstić information content (AvgIpc) is 3.44. The van der Waals surface area contributed by atoms with Crippen LogP contribution in [0.1, 0.15) is 44.9 Å². The van der Waals surface area contributed by atoms with Gasteiger partial charge in [-0.1, -0.05) is 0 Å². The molecule has 2 aliphatic carbocycles. The molecule has 3 amide bonds. The number of fused-ring (bicyclic) bond motifs is 1. The zero-order valence-corrected chi connectivity index (χ0v) is 21.8. The van der Waals surface area contributed by atoms with E-state index >= 15 is 0 Å². The van der Waals surface area contributed by atoms with Gasteiger partial charge in [-0.05, 0) is 30.6 Å². The smallest absolute Gasteiger partial charge is 0.407 e. The molecule has 1 N–H and O–H groups in total. The molecular weight excluding hydrogens is 500 g/mol. The number of amides is 3. The van der Waals surface area contributed by atoms with E-state index in [2.05, 4.69) is 17.2 Å². The van der Waals surface area contributed by atoms with E-state index in [0.29, 0.717) is 75.6 Å². The molecule has 12 nitrogen and oxygen atoms in total. The molecule has 3 rings (SSSR count). The molecule has 212 valence electrons. The third kappa shape index (κ3) is 10.9. The van der Waals surface area contributed by atoms with Gasteiger partial charge in [-0.15, -0.1) is 16.9 Å². The number of hydroxylamine groups is 2. The van der Waals surface area contributed by atoms with Crippen LogP contribution >= 0.6 is 0 Å². The van der Waals surface area contributed by atoms with Crippen LogP contribution in [0.3, 0.4) is 0 Å². The second-order valence-corrected chi connectivity index (χ2v) is 9.19. The highest BCUT2D eigenvalue weighted by atomic mass is 16.7. The number of hydrogen-bond donors (Lipinski definition) is 1. The lowest BCUT2D eigenvalue weighted by Gasteiger charge is -2.12. The molecule has 1 aliphatic heterocycles. The van der Waals surface area contributed by atoms with E-state index in [-0.39, 0.29) is 32.5 Å². The molecule has 38 heavy (non-hydrogen) atoms. The van der Waals surface area contributed by atoms with Crippen molar-refractivity contribution in [2.75, 3.05) is 66.0 Å². The van der Waals surface area contributed by atoms with E-state index in [4.69, 9.17) is 28.5 Å². The van der Waals surface area contributed by atoms with E-state index in [1.54, 1.807) is 0 Å². The van der Waals surface area contributed by atoms with Gasteiger partial charge in [0.25, 0.3) is 11.8 Å². The Hall–Kier alpha value is -2.72. The summed E-state index contributed by atoms with van der Waals surface area (Å²) < 4.78 is 26.8. The van der Waals surface area contributed by atoms with Gasteiger partial charge < -0.3 is 33.8 Å². The van der Waals surface area contributed by atoms with Gasteiger partial charge in [-0.25, -0.2) is 9.59 Å². The Morgan fingerprint density at radius 3 is 1.89 bits per heavy atom. The Morgan fingerprint density at radius 1 is 0.789 bits per heavy atom. The van der Waals surface area contributed by atoms with Gasteiger partial charge in [-0.3, -0.25) is 9.59 Å². The summed E-state index contributed by atoms with van der Waals surface area (Å²) in [6.45, 7) is 3.51. The van der Waals surface area contributed by atoms with Gasteiger partial charge in [0.15, 0.2) is 0 Å². The minimum absolute atomic E-state index is 0.0599. The number of alkyl carbamates (subject to hydrolysis) is 1. The first-order valence-corrected chi connectivity index (χ1v) is 13.3. The van der Waals surface area contributed by atoms with Crippen molar-refractivity contribution in [1.82, 2.24) is 10.4 Å². The summed E-state index contributed by atoms with van der Waals surface area (Å²) in [6, 6.07) is 0. The van der Waals surface area contributed by atoms with Gasteiger partial charge in [0.05, 0.1) is 65.9 Å². The van der Waals surface area contributed by atoms with E-state index in [1.165, 1.54) is 0 Å². The molecule has 1 saturated carbocycles. The lowest BCUT2D eigenvalue weighted by Crippen LogP contribution is -2.32. The fraction of sp³-hybridized carbons (Fsp3) is 0.769. The van der Waals surface area contributed by atoms with E-state index in [0.717, 1.165) is 25.7 Å². The summed E-state index contributed by atoms with van der Waals surface area (Å²) in [4.78, 5) is 50.9. The number of carbonyl (C=O) groups excluding carboxylic acids is 4. The molecule has 2 fully saturated rings. The summed E-state index contributed by atoms with van der Waals surface area (Å²) in [5.74, 6) is 6.44. The quantitative estimate of drug-likeness (QED) is 0.154. The predicted molar refractivity (Wildman–Crippen MR) is 131 cm³/mol. The molecule has 3 atom stereocenters. The molecule has 0 radical (unpaired) electrons. The monoisotopic (exact) mass is 538 g/mol. The van der Waals surface area contributed by atoms with Crippen LogP contribution in [0, 0.1) is 29.6 Å². The molecule has 0 bridgehead atoms. The molecule has 12 heteroatoms. The largest absolute Gasteiger partial charge is 0.449 e. The van der Waals surface area contributed by atoms with Crippen LogP contribution in [-0.2, 0) is 42.9 Å². The Labute approximate surface area is 222 Å². The zero-order chi connectivity index (χ0) is 27.0. The molecule has 1 unspecified atom stereocenters. The van der Waals surface area contributed by atoms with Crippen molar-refractivity contribution < 1.29 is 47.7 Å². The number of rotatable bonds is 18.